The van der Waals surface area contributed by atoms with Gasteiger partial charge in [0.05, 0.1) is 0 Å². The van der Waals surface area contributed by atoms with Gasteiger partial charge in [-0.15, -0.1) is 0 Å². The second kappa shape index (κ2) is 16.2. The lowest BCUT2D eigenvalue weighted by Crippen LogP contribution is -2.13. The molecule has 0 aliphatic heterocycles. The molecule has 0 N–H and O–H groups in total. The van der Waals surface area contributed by atoms with Crippen LogP contribution >= 0.6 is 0 Å². The predicted molar refractivity (Wildman–Crippen MR) is 241 cm³/mol. The maximum Gasteiger partial charge on any atom is 0.0462 e. The highest BCUT2D eigenvalue weighted by atomic mass is 15.1. The van der Waals surface area contributed by atoms with E-state index in [0.29, 0.717) is 0 Å². The van der Waals surface area contributed by atoms with Crippen molar-refractivity contribution < 1.29 is 0 Å². The molecule has 8 aromatic rings. The number of nitrogens with zero attached hydrogens (tertiary/aromatic N) is 2. The van der Waals surface area contributed by atoms with Crippen LogP contribution in [-0.2, 0) is 5.41 Å². The Hall–Kier alpha value is -6.90. The number of hydrogen-bond acceptors (Lipinski definition) is 2. The molecule has 8 aromatic carbocycles. The van der Waals surface area contributed by atoms with Crippen molar-refractivity contribution >= 4 is 46.3 Å². The van der Waals surface area contributed by atoms with Gasteiger partial charge in [-0.3, -0.25) is 0 Å². The van der Waals surface area contributed by atoms with E-state index in [0.717, 1.165) is 45.3 Å². The van der Waals surface area contributed by atoms with Crippen molar-refractivity contribution in [1.29, 1.82) is 0 Å². The number of hydrogen-bond donors (Lipinski definition) is 0. The molecule has 2 nitrogen and oxygen atoms in total. The van der Waals surface area contributed by atoms with Crippen LogP contribution in [0.25, 0.3) is 34.4 Å². The summed E-state index contributed by atoms with van der Waals surface area (Å²) in [5, 5.41) is 0. The van der Waals surface area contributed by atoms with Gasteiger partial charge in [-0.05, 0) is 117 Å². The Morgan fingerprint density at radius 2 is 0.554 bits per heavy atom. The molecule has 0 aromatic heterocycles. The Morgan fingerprint density at radius 1 is 0.286 bits per heavy atom. The lowest BCUT2D eigenvalue weighted by atomic mass is 9.87. The first-order valence-corrected chi connectivity index (χ1v) is 19.3. The minimum Gasteiger partial charge on any atom is -0.311 e. The molecule has 0 fully saturated rings. The van der Waals surface area contributed by atoms with Crippen LogP contribution in [0.15, 0.2) is 212 Å². The van der Waals surface area contributed by atoms with Gasteiger partial charge in [-0.25, -0.2) is 0 Å². The Morgan fingerprint density at radius 3 is 0.893 bits per heavy atom. The molecule has 56 heavy (non-hydrogen) atoms. The Bertz CT molecular complexity index is 2400. The first-order valence-electron chi connectivity index (χ1n) is 19.3. The quantitative estimate of drug-likeness (QED) is 0.130. The minimum absolute atomic E-state index is 0.105. The molecule has 0 saturated heterocycles. The fourth-order valence-electron chi connectivity index (χ4n) is 7.11. The highest BCUT2D eigenvalue weighted by Crippen LogP contribution is 2.38. The van der Waals surface area contributed by atoms with E-state index in [-0.39, 0.29) is 5.41 Å². The van der Waals surface area contributed by atoms with E-state index in [4.69, 9.17) is 0 Å². The van der Waals surface area contributed by atoms with Crippen molar-refractivity contribution in [2.75, 3.05) is 9.80 Å². The van der Waals surface area contributed by atoms with Gasteiger partial charge in [-0.1, -0.05) is 172 Å². The topological polar surface area (TPSA) is 6.48 Å². The number of anilines is 6. The van der Waals surface area contributed by atoms with Crippen molar-refractivity contribution in [3.63, 3.8) is 0 Å². The van der Waals surface area contributed by atoms with Gasteiger partial charge in [0, 0.05) is 34.1 Å². The smallest absolute Gasteiger partial charge is 0.0462 e. The van der Waals surface area contributed by atoms with Crippen LogP contribution in [0.1, 0.15) is 37.5 Å². The van der Waals surface area contributed by atoms with Gasteiger partial charge in [0.1, 0.15) is 0 Å². The third kappa shape index (κ3) is 8.26. The molecule has 0 unspecified atom stereocenters. The monoisotopic (exact) mass is 722 g/mol. The summed E-state index contributed by atoms with van der Waals surface area (Å²) in [5.41, 5.74) is 15.2. The molecule has 0 radical (unpaired) electrons. The van der Waals surface area contributed by atoms with Crippen LogP contribution in [0.5, 0.6) is 0 Å². The van der Waals surface area contributed by atoms with E-state index in [2.05, 4.69) is 255 Å². The predicted octanol–water partition coefficient (Wildman–Crippen LogP) is 15.4. The summed E-state index contributed by atoms with van der Waals surface area (Å²) in [5.74, 6) is 0. The van der Waals surface area contributed by atoms with Crippen molar-refractivity contribution in [1.82, 2.24) is 0 Å². The summed E-state index contributed by atoms with van der Waals surface area (Å²) < 4.78 is 0. The molecule has 272 valence electrons. The second-order valence-corrected chi connectivity index (χ2v) is 15.1. The highest BCUT2D eigenvalue weighted by molar-refractivity contribution is 5.82. The van der Waals surface area contributed by atoms with Gasteiger partial charge >= 0.3 is 0 Å². The van der Waals surface area contributed by atoms with Gasteiger partial charge in [0.2, 0.25) is 0 Å². The van der Waals surface area contributed by atoms with E-state index in [9.17, 15) is 0 Å². The first-order chi connectivity index (χ1) is 27.4. The number of para-hydroxylation sites is 1. The zero-order chi connectivity index (χ0) is 38.3. The summed E-state index contributed by atoms with van der Waals surface area (Å²) in [7, 11) is 0. The lowest BCUT2D eigenvalue weighted by molar-refractivity contribution is 0.590. The molecular weight excluding hydrogens is 677 g/mol. The molecule has 8 rings (SSSR count). The lowest BCUT2D eigenvalue weighted by Gasteiger charge is -2.27. The SMILES string of the molecule is CC(C)(C)c1ccc(N(c2ccccc2)c2ccc(/C=C/c3ccc(N(c4ccc(-c5ccccc5)cc4)c4ccc(-c5ccccc5)cc4)cc3)cc2)cc1. The molecule has 0 heterocycles. The van der Waals surface area contributed by atoms with Crippen LogP contribution in [0.2, 0.25) is 0 Å². The molecule has 0 aliphatic rings. The van der Waals surface area contributed by atoms with E-state index >= 15 is 0 Å². The maximum atomic E-state index is 2.32. The Balaban J connectivity index is 1.04. The van der Waals surface area contributed by atoms with Crippen LogP contribution < -0.4 is 9.80 Å². The van der Waals surface area contributed by atoms with Crippen LogP contribution in [0.4, 0.5) is 34.1 Å². The summed E-state index contributed by atoms with van der Waals surface area (Å²) in [4.78, 5) is 4.64. The molecule has 0 saturated carbocycles. The molecule has 0 amide bonds. The third-order valence-corrected chi connectivity index (χ3v) is 10.2. The van der Waals surface area contributed by atoms with E-state index < -0.39 is 0 Å². The summed E-state index contributed by atoms with van der Waals surface area (Å²) in [6.07, 6.45) is 4.37. The molecule has 0 atom stereocenters. The van der Waals surface area contributed by atoms with Crippen LogP contribution in [0, 0.1) is 0 Å². The van der Waals surface area contributed by atoms with Crippen molar-refractivity contribution in [3.8, 4) is 22.3 Å². The zero-order valence-electron chi connectivity index (χ0n) is 32.3. The van der Waals surface area contributed by atoms with Gasteiger partial charge in [-0.2, -0.15) is 0 Å². The second-order valence-electron chi connectivity index (χ2n) is 15.1. The van der Waals surface area contributed by atoms with E-state index in [1.807, 2.05) is 0 Å². The van der Waals surface area contributed by atoms with Gasteiger partial charge in [0.15, 0.2) is 0 Å². The average molecular weight is 723 g/mol. The molecule has 2 heteroatoms. The first kappa shape index (κ1) is 36.1. The molecular formula is C54H46N2. The van der Waals surface area contributed by atoms with Crippen LogP contribution in [0.3, 0.4) is 0 Å². The van der Waals surface area contributed by atoms with Gasteiger partial charge in [0.25, 0.3) is 0 Å². The van der Waals surface area contributed by atoms with Crippen molar-refractivity contribution in [2.24, 2.45) is 0 Å². The Kier molecular flexibility index (Phi) is 10.5. The number of benzene rings is 8. The standard InChI is InChI=1S/C54H46N2/c1-54(2,3)47-29-39-53(40-30-47)55(48-17-11-6-12-18-48)49-31-21-41(22-32-49)19-20-42-23-33-50(34-24-42)56(51-35-25-45(26-36-51)43-13-7-4-8-14-43)52-37-27-46(28-38-52)44-15-9-5-10-16-44/h4-40H,1-3H3/b20-19+. The van der Waals surface area contributed by atoms with Crippen LogP contribution in [-0.4, -0.2) is 0 Å². The number of rotatable bonds is 10. The molecule has 0 bridgehead atoms. The zero-order valence-corrected chi connectivity index (χ0v) is 32.3. The van der Waals surface area contributed by atoms with E-state index in [1.165, 1.54) is 27.8 Å². The third-order valence-electron chi connectivity index (χ3n) is 10.2. The highest BCUT2D eigenvalue weighted by Gasteiger charge is 2.17. The molecule has 0 spiro atoms. The fraction of sp³-hybridized carbons (Fsp3) is 0.0741. The molecule has 0 aliphatic carbocycles. The average Bonchev–Trinajstić information content (AvgIpc) is 3.25. The largest absolute Gasteiger partial charge is 0.311 e. The Labute approximate surface area is 332 Å². The summed E-state index contributed by atoms with van der Waals surface area (Å²) in [6.45, 7) is 6.76. The van der Waals surface area contributed by atoms with E-state index in [1.54, 1.807) is 0 Å². The minimum atomic E-state index is 0.105. The fourth-order valence-corrected chi connectivity index (χ4v) is 7.11. The maximum absolute atomic E-state index is 2.32. The summed E-state index contributed by atoms with van der Waals surface area (Å²) >= 11 is 0. The summed E-state index contributed by atoms with van der Waals surface area (Å²) in [6, 6.07) is 75.9. The van der Waals surface area contributed by atoms with Crippen molar-refractivity contribution in [3.05, 3.63) is 229 Å². The van der Waals surface area contributed by atoms with Crippen molar-refractivity contribution in [2.45, 2.75) is 26.2 Å². The van der Waals surface area contributed by atoms with Gasteiger partial charge < -0.3 is 9.80 Å². The normalized spacial score (nSPS) is 11.4.